The Labute approximate surface area is 126 Å². The molecule has 1 aliphatic rings. The summed E-state index contributed by atoms with van der Waals surface area (Å²) in [5.74, 6) is 1.56. The number of hydrogen-bond donors (Lipinski definition) is 1. The third-order valence-electron chi connectivity index (χ3n) is 2.82. The van der Waals surface area contributed by atoms with E-state index < -0.39 is 0 Å². The third kappa shape index (κ3) is 3.38. The van der Waals surface area contributed by atoms with Gasteiger partial charge in [0.2, 0.25) is 6.79 Å². The standard InChI is InChI=1S/C15H12ClNO4/c16-10-2-1-3-12(6-10)19-8-15(18)17-11-4-5-13-14(7-11)21-9-20-13/h1-7H,8-9H2,(H,17,18). The van der Waals surface area contributed by atoms with Crippen molar-refractivity contribution in [1.29, 1.82) is 0 Å². The van der Waals surface area contributed by atoms with E-state index >= 15 is 0 Å². The summed E-state index contributed by atoms with van der Waals surface area (Å²) in [7, 11) is 0. The van der Waals surface area contributed by atoms with E-state index in [1.807, 2.05) is 0 Å². The Morgan fingerprint density at radius 3 is 2.90 bits per heavy atom. The number of rotatable bonds is 4. The van der Waals surface area contributed by atoms with Crippen LogP contribution in [0, 0.1) is 0 Å². The second-order valence-electron chi connectivity index (χ2n) is 4.36. The van der Waals surface area contributed by atoms with Crippen LogP contribution in [0.25, 0.3) is 0 Å². The van der Waals surface area contributed by atoms with Crippen molar-refractivity contribution in [2.75, 3.05) is 18.7 Å². The van der Waals surface area contributed by atoms with Crippen molar-refractivity contribution in [1.82, 2.24) is 0 Å². The Balaban J connectivity index is 1.57. The number of halogens is 1. The number of ether oxygens (including phenoxy) is 3. The van der Waals surface area contributed by atoms with Crippen molar-refractivity contribution in [3.63, 3.8) is 0 Å². The van der Waals surface area contributed by atoms with Crippen molar-refractivity contribution in [2.45, 2.75) is 0 Å². The fourth-order valence-corrected chi connectivity index (χ4v) is 2.06. The minimum atomic E-state index is -0.270. The molecule has 1 N–H and O–H groups in total. The molecule has 0 fully saturated rings. The zero-order valence-electron chi connectivity index (χ0n) is 11.0. The Morgan fingerprint density at radius 2 is 2.05 bits per heavy atom. The highest BCUT2D eigenvalue weighted by atomic mass is 35.5. The topological polar surface area (TPSA) is 56.8 Å². The highest BCUT2D eigenvalue weighted by molar-refractivity contribution is 6.30. The van der Waals surface area contributed by atoms with Crippen molar-refractivity contribution < 1.29 is 19.0 Å². The van der Waals surface area contributed by atoms with Gasteiger partial charge in [-0.05, 0) is 30.3 Å². The van der Waals surface area contributed by atoms with E-state index in [2.05, 4.69) is 5.32 Å². The van der Waals surface area contributed by atoms with Crippen LogP contribution in [0.1, 0.15) is 0 Å². The molecule has 0 bridgehead atoms. The van der Waals surface area contributed by atoms with Gasteiger partial charge in [-0.15, -0.1) is 0 Å². The maximum atomic E-state index is 11.8. The maximum absolute atomic E-state index is 11.8. The molecule has 0 spiro atoms. The van der Waals surface area contributed by atoms with Crippen LogP contribution in [-0.2, 0) is 4.79 Å². The quantitative estimate of drug-likeness (QED) is 0.943. The SMILES string of the molecule is O=C(COc1cccc(Cl)c1)Nc1ccc2c(c1)OCO2. The van der Waals surface area contributed by atoms with Gasteiger partial charge in [0, 0.05) is 16.8 Å². The van der Waals surface area contributed by atoms with Crippen LogP contribution in [0.5, 0.6) is 17.2 Å². The van der Waals surface area contributed by atoms with E-state index in [-0.39, 0.29) is 19.3 Å². The summed E-state index contributed by atoms with van der Waals surface area (Å²) < 4.78 is 15.8. The lowest BCUT2D eigenvalue weighted by molar-refractivity contribution is -0.118. The first-order chi connectivity index (χ1) is 10.2. The van der Waals surface area contributed by atoms with E-state index in [4.69, 9.17) is 25.8 Å². The molecule has 0 aromatic heterocycles. The predicted octanol–water partition coefficient (Wildman–Crippen LogP) is 3.09. The van der Waals surface area contributed by atoms with Crippen LogP contribution in [0.3, 0.4) is 0 Å². The molecule has 0 saturated carbocycles. The second-order valence-corrected chi connectivity index (χ2v) is 4.80. The van der Waals surface area contributed by atoms with Crippen LogP contribution in [0.15, 0.2) is 42.5 Å². The van der Waals surface area contributed by atoms with E-state index in [1.54, 1.807) is 42.5 Å². The summed E-state index contributed by atoms with van der Waals surface area (Å²) in [6.07, 6.45) is 0. The lowest BCUT2D eigenvalue weighted by Crippen LogP contribution is -2.20. The van der Waals surface area contributed by atoms with Gasteiger partial charge in [-0.25, -0.2) is 0 Å². The Kier molecular flexibility index (Phi) is 3.83. The average molecular weight is 306 g/mol. The summed E-state index contributed by atoms with van der Waals surface area (Å²) in [6, 6.07) is 12.1. The van der Waals surface area contributed by atoms with Crippen LogP contribution < -0.4 is 19.5 Å². The number of anilines is 1. The minimum Gasteiger partial charge on any atom is -0.484 e. The van der Waals surface area contributed by atoms with Crippen LogP contribution in [0.4, 0.5) is 5.69 Å². The number of carbonyl (C=O) groups is 1. The van der Waals surface area contributed by atoms with Gasteiger partial charge in [-0.3, -0.25) is 4.79 Å². The highest BCUT2D eigenvalue weighted by Gasteiger charge is 2.14. The molecule has 0 atom stereocenters. The van der Waals surface area contributed by atoms with Gasteiger partial charge in [-0.2, -0.15) is 0 Å². The monoisotopic (exact) mass is 305 g/mol. The molecular weight excluding hydrogens is 294 g/mol. The number of nitrogens with one attached hydrogen (secondary N) is 1. The molecule has 0 unspecified atom stereocenters. The molecule has 0 saturated heterocycles. The minimum absolute atomic E-state index is 0.102. The first kappa shape index (κ1) is 13.6. The molecule has 0 radical (unpaired) electrons. The first-order valence-corrected chi connectivity index (χ1v) is 6.66. The average Bonchev–Trinajstić information content (AvgIpc) is 2.93. The predicted molar refractivity (Wildman–Crippen MR) is 78.1 cm³/mol. The normalized spacial score (nSPS) is 12.0. The fourth-order valence-electron chi connectivity index (χ4n) is 1.88. The molecule has 21 heavy (non-hydrogen) atoms. The van der Waals surface area contributed by atoms with E-state index in [0.29, 0.717) is 28.0 Å². The van der Waals surface area contributed by atoms with Crippen molar-refractivity contribution in [3.05, 3.63) is 47.5 Å². The lowest BCUT2D eigenvalue weighted by atomic mass is 10.3. The van der Waals surface area contributed by atoms with Crippen LogP contribution in [-0.4, -0.2) is 19.3 Å². The number of amides is 1. The van der Waals surface area contributed by atoms with E-state index in [1.165, 1.54) is 0 Å². The zero-order valence-corrected chi connectivity index (χ0v) is 11.7. The van der Waals surface area contributed by atoms with E-state index in [0.717, 1.165) is 0 Å². The van der Waals surface area contributed by atoms with E-state index in [9.17, 15) is 4.79 Å². The van der Waals surface area contributed by atoms with Crippen molar-refractivity contribution >= 4 is 23.2 Å². The summed E-state index contributed by atoms with van der Waals surface area (Å²) in [5.41, 5.74) is 0.624. The molecule has 1 aliphatic heterocycles. The summed E-state index contributed by atoms with van der Waals surface area (Å²) in [4.78, 5) is 11.8. The maximum Gasteiger partial charge on any atom is 0.262 e. The second kappa shape index (κ2) is 5.93. The molecule has 1 heterocycles. The molecule has 0 aliphatic carbocycles. The van der Waals surface area contributed by atoms with Gasteiger partial charge in [0.1, 0.15) is 5.75 Å². The number of fused-ring (bicyclic) bond motifs is 1. The molecular formula is C15H12ClNO4. The molecule has 2 aromatic rings. The molecule has 5 nitrogen and oxygen atoms in total. The molecule has 3 rings (SSSR count). The Morgan fingerprint density at radius 1 is 1.19 bits per heavy atom. The Hall–Kier alpha value is -2.40. The third-order valence-corrected chi connectivity index (χ3v) is 3.06. The molecule has 108 valence electrons. The van der Waals surface area contributed by atoms with Gasteiger partial charge in [0.05, 0.1) is 0 Å². The van der Waals surface area contributed by atoms with Crippen molar-refractivity contribution in [3.8, 4) is 17.2 Å². The first-order valence-electron chi connectivity index (χ1n) is 6.28. The van der Waals surface area contributed by atoms with Gasteiger partial charge < -0.3 is 19.5 Å². The van der Waals surface area contributed by atoms with Gasteiger partial charge >= 0.3 is 0 Å². The molecule has 6 heteroatoms. The summed E-state index contributed by atoms with van der Waals surface area (Å²) >= 11 is 5.84. The number of hydrogen-bond acceptors (Lipinski definition) is 4. The fraction of sp³-hybridized carbons (Fsp3) is 0.133. The number of benzene rings is 2. The summed E-state index contributed by atoms with van der Waals surface area (Å²) in [5, 5.41) is 3.28. The van der Waals surface area contributed by atoms with Gasteiger partial charge in [-0.1, -0.05) is 17.7 Å². The van der Waals surface area contributed by atoms with Crippen LogP contribution in [0.2, 0.25) is 5.02 Å². The Bertz CT molecular complexity index is 674. The van der Waals surface area contributed by atoms with Gasteiger partial charge in [0.15, 0.2) is 18.1 Å². The van der Waals surface area contributed by atoms with Gasteiger partial charge in [0.25, 0.3) is 5.91 Å². The smallest absolute Gasteiger partial charge is 0.262 e. The zero-order chi connectivity index (χ0) is 14.7. The molecule has 1 amide bonds. The lowest BCUT2D eigenvalue weighted by Gasteiger charge is -2.08. The highest BCUT2D eigenvalue weighted by Crippen LogP contribution is 2.34. The largest absolute Gasteiger partial charge is 0.484 e. The molecule has 2 aromatic carbocycles. The summed E-state index contributed by atoms with van der Waals surface area (Å²) in [6.45, 7) is 0.0966. The van der Waals surface area contributed by atoms with Crippen molar-refractivity contribution in [2.24, 2.45) is 0 Å². The number of carbonyl (C=O) groups excluding carboxylic acids is 1. The van der Waals surface area contributed by atoms with Crippen LogP contribution >= 0.6 is 11.6 Å².